The van der Waals surface area contributed by atoms with Gasteiger partial charge >= 0.3 is 5.97 Å². The lowest BCUT2D eigenvalue weighted by Gasteiger charge is -2.38. The van der Waals surface area contributed by atoms with Gasteiger partial charge < -0.3 is 10.0 Å². The van der Waals surface area contributed by atoms with Crippen molar-refractivity contribution in [2.45, 2.75) is 70.4 Å². The number of hydrogen-bond acceptors (Lipinski definition) is 6. The third-order valence-electron chi connectivity index (χ3n) is 6.71. The summed E-state index contributed by atoms with van der Waals surface area (Å²) >= 11 is 1.43. The van der Waals surface area contributed by atoms with Gasteiger partial charge in [0.25, 0.3) is 5.91 Å². The molecule has 35 heavy (non-hydrogen) atoms. The summed E-state index contributed by atoms with van der Waals surface area (Å²) < 4.78 is 0. The van der Waals surface area contributed by atoms with E-state index < -0.39 is 17.6 Å². The molecule has 0 aliphatic carbocycles. The minimum absolute atomic E-state index is 0.0574. The second kappa shape index (κ2) is 9.49. The Morgan fingerprint density at radius 3 is 2.37 bits per heavy atom. The standard InChI is InChI=1S/C27H32N4O3S/c1-17(2)14-27(25(33)34)15-20(21-16-28-10-11-29-21)22(23-30-12-13-35-23)31(27)24(32)18-6-8-19(9-7-18)26(3,4)5/h6-13,16-17,20,22H,14-15H2,1-5H3,(H,33,34)/t20-,22-,27?/m1/s1. The van der Waals surface area contributed by atoms with Gasteiger partial charge in [0.15, 0.2) is 0 Å². The van der Waals surface area contributed by atoms with E-state index >= 15 is 0 Å². The van der Waals surface area contributed by atoms with E-state index in [1.807, 2.05) is 31.4 Å². The molecule has 0 saturated carbocycles. The number of benzene rings is 1. The van der Waals surface area contributed by atoms with Gasteiger partial charge in [0.05, 0.1) is 11.7 Å². The molecule has 8 heteroatoms. The van der Waals surface area contributed by atoms with E-state index in [0.29, 0.717) is 22.7 Å². The average molecular weight is 493 g/mol. The van der Waals surface area contributed by atoms with Crippen LogP contribution in [-0.2, 0) is 10.2 Å². The molecule has 1 amide bonds. The minimum Gasteiger partial charge on any atom is -0.479 e. The Morgan fingerprint density at radius 2 is 1.86 bits per heavy atom. The number of carboxylic acid groups (broad SMARTS) is 1. The highest BCUT2D eigenvalue weighted by atomic mass is 32.1. The number of thiazole rings is 1. The van der Waals surface area contributed by atoms with E-state index in [4.69, 9.17) is 0 Å². The number of carbonyl (C=O) groups excluding carboxylic acids is 1. The zero-order valence-corrected chi connectivity index (χ0v) is 21.6. The summed E-state index contributed by atoms with van der Waals surface area (Å²) in [5.74, 6) is -1.59. The Bertz CT molecular complexity index is 1170. The van der Waals surface area contributed by atoms with E-state index in [-0.39, 0.29) is 29.6 Å². The molecule has 1 aliphatic heterocycles. The zero-order chi connectivity index (χ0) is 25.4. The summed E-state index contributed by atoms with van der Waals surface area (Å²) in [5.41, 5.74) is 0.787. The minimum atomic E-state index is -1.40. The molecule has 1 aromatic carbocycles. The molecule has 0 spiro atoms. The molecule has 4 rings (SSSR count). The Hall–Kier alpha value is -3.13. The fourth-order valence-corrected chi connectivity index (χ4v) is 5.95. The van der Waals surface area contributed by atoms with Crippen LogP contribution >= 0.6 is 11.3 Å². The normalized spacial score (nSPS) is 22.5. The second-order valence-electron chi connectivity index (χ2n) is 10.7. The molecule has 1 aliphatic rings. The van der Waals surface area contributed by atoms with E-state index in [2.05, 4.69) is 35.7 Å². The van der Waals surface area contributed by atoms with Crippen molar-refractivity contribution < 1.29 is 14.7 Å². The quantitative estimate of drug-likeness (QED) is 0.490. The van der Waals surface area contributed by atoms with Crippen molar-refractivity contribution in [2.24, 2.45) is 5.92 Å². The molecule has 0 bridgehead atoms. The Labute approximate surface area is 210 Å². The molecular weight excluding hydrogens is 460 g/mol. The third kappa shape index (κ3) is 4.72. The van der Waals surface area contributed by atoms with Crippen LogP contribution in [0.15, 0.2) is 54.4 Å². The maximum absolute atomic E-state index is 14.2. The zero-order valence-electron chi connectivity index (χ0n) is 20.8. The summed E-state index contributed by atoms with van der Waals surface area (Å²) in [6.07, 6.45) is 7.13. The van der Waals surface area contributed by atoms with E-state index in [1.165, 1.54) is 11.3 Å². The molecule has 2 aromatic heterocycles. The summed E-state index contributed by atoms with van der Waals surface area (Å²) in [4.78, 5) is 42.1. The first-order valence-corrected chi connectivity index (χ1v) is 12.8. The number of aromatic nitrogens is 3. The average Bonchev–Trinajstić information content (AvgIpc) is 3.45. The highest BCUT2D eigenvalue weighted by Crippen LogP contribution is 2.54. The predicted molar refractivity (Wildman–Crippen MR) is 135 cm³/mol. The van der Waals surface area contributed by atoms with E-state index in [1.54, 1.807) is 41.8 Å². The van der Waals surface area contributed by atoms with Crippen LogP contribution in [0.2, 0.25) is 0 Å². The number of carbonyl (C=O) groups is 2. The van der Waals surface area contributed by atoms with Crippen LogP contribution in [-0.4, -0.2) is 42.4 Å². The van der Waals surface area contributed by atoms with Crippen molar-refractivity contribution in [3.8, 4) is 0 Å². The Balaban J connectivity index is 1.89. The van der Waals surface area contributed by atoms with Crippen LogP contribution < -0.4 is 0 Å². The second-order valence-corrected chi connectivity index (χ2v) is 11.6. The van der Waals surface area contributed by atoms with Gasteiger partial charge in [0.2, 0.25) is 0 Å². The molecular formula is C27H32N4O3S. The number of likely N-dealkylation sites (tertiary alicyclic amines) is 1. The van der Waals surface area contributed by atoms with Crippen molar-refractivity contribution in [2.75, 3.05) is 0 Å². The number of nitrogens with zero attached hydrogens (tertiary/aromatic N) is 4. The first-order valence-electron chi connectivity index (χ1n) is 11.9. The van der Waals surface area contributed by atoms with Crippen molar-refractivity contribution >= 4 is 23.2 Å². The number of hydrogen-bond donors (Lipinski definition) is 1. The van der Waals surface area contributed by atoms with Crippen LogP contribution in [0.5, 0.6) is 0 Å². The molecule has 3 aromatic rings. The number of rotatable bonds is 6. The van der Waals surface area contributed by atoms with Gasteiger partial charge in [-0.1, -0.05) is 46.8 Å². The SMILES string of the molecule is CC(C)CC1(C(=O)O)C[C@H](c2cnccn2)[C@H](c2nccs2)N1C(=O)c1ccc(C(C)(C)C)cc1. The lowest BCUT2D eigenvalue weighted by Crippen LogP contribution is -2.54. The van der Waals surface area contributed by atoms with E-state index in [9.17, 15) is 14.7 Å². The van der Waals surface area contributed by atoms with Gasteiger partial charge in [-0.2, -0.15) is 0 Å². The van der Waals surface area contributed by atoms with Gasteiger partial charge in [0.1, 0.15) is 10.5 Å². The first kappa shape index (κ1) is 25.0. The highest BCUT2D eigenvalue weighted by Gasteiger charge is 2.60. The topological polar surface area (TPSA) is 96.3 Å². The lowest BCUT2D eigenvalue weighted by molar-refractivity contribution is -0.150. The van der Waals surface area contributed by atoms with Gasteiger partial charge in [0, 0.05) is 41.6 Å². The van der Waals surface area contributed by atoms with Gasteiger partial charge in [-0.25, -0.2) is 9.78 Å². The van der Waals surface area contributed by atoms with Crippen LogP contribution in [0.25, 0.3) is 0 Å². The summed E-state index contributed by atoms with van der Waals surface area (Å²) in [6, 6.07) is 6.95. The first-order chi connectivity index (χ1) is 16.5. The van der Waals surface area contributed by atoms with Crippen LogP contribution in [0.1, 0.15) is 86.0 Å². The summed E-state index contributed by atoms with van der Waals surface area (Å²) in [6.45, 7) is 10.3. The monoisotopic (exact) mass is 492 g/mol. The lowest BCUT2D eigenvalue weighted by atomic mass is 9.83. The number of aliphatic carboxylic acids is 1. The Morgan fingerprint density at radius 1 is 1.14 bits per heavy atom. The Kier molecular flexibility index (Phi) is 6.77. The molecule has 184 valence electrons. The molecule has 3 atom stereocenters. The molecule has 1 saturated heterocycles. The maximum Gasteiger partial charge on any atom is 0.329 e. The van der Waals surface area contributed by atoms with Crippen LogP contribution in [0.4, 0.5) is 0 Å². The van der Waals surface area contributed by atoms with Crippen molar-refractivity contribution in [3.05, 3.63) is 76.3 Å². The predicted octanol–water partition coefficient (Wildman–Crippen LogP) is 5.47. The van der Waals surface area contributed by atoms with Crippen LogP contribution in [0, 0.1) is 5.92 Å². The van der Waals surface area contributed by atoms with Crippen molar-refractivity contribution in [3.63, 3.8) is 0 Å². The fourth-order valence-electron chi connectivity index (χ4n) is 5.16. The molecule has 7 nitrogen and oxygen atoms in total. The van der Waals surface area contributed by atoms with Crippen LogP contribution in [0.3, 0.4) is 0 Å². The van der Waals surface area contributed by atoms with E-state index in [0.717, 1.165) is 5.56 Å². The molecule has 3 heterocycles. The van der Waals surface area contributed by atoms with Crippen molar-refractivity contribution in [1.29, 1.82) is 0 Å². The smallest absolute Gasteiger partial charge is 0.329 e. The van der Waals surface area contributed by atoms with Gasteiger partial charge in [-0.05, 0) is 41.9 Å². The molecule has 0 radical (unpaired) electrons. The largest absolute Gasteiger partial charge is 0.479 e. The van der Waals surface area contributed by atoms with Gasteiger partial charge in [-0.15, -0.1) is 11.3 Å². The summed E-state index contributed by atoms with van der Waals surface area (Å²) in [7, 11) is 0. The van der Waals surface area contributed by atoms with Crippen molar-refractivity contribution in [1.82, 2.24) is 19.9 Å². The fraction of sp³-hybridized carbons (Fsp3) is 0.444. The number of amides is 1. The van der Waals surface area contributed by atoms with Gasteiger partial charge in [-0.3, -0.25) is 14.8 Å². The molecule has 1 fully saturated rings. The molecule has 1 N–H and O–H groups in total. The maximum atomic E-state index is 14.2. The number of carboxylic acids is 1. The summed E-state index contributed by atoms with van der Waals surface area (Å²) in [5, 5.41) is 13.2. The molecule has 1 unspecified atom stereocenters. The third-order valence-corrected chi connectivity index (χ3v) is 7.55. The highest BCUT2D eigenvalue weighted by molar-refractivity contribution is 7.09.